The highest BCUT2D eigenvalue weighted by atomic mass is 32.2. The number of aldehydes is 1. The van der Waals surface area contributed by atoms with E-state index in [0.29, 0.717) is 18.6 Å². The van der Waals surface area contributed by atoms with Crippen molar-refractivity contribution in [2.45, 2.75) is 82.4 Å². The standard InChI is InChI=1S/C36H48N6O6S/c1-25-11-9-12-26(2)32(25)30-20-31(38-33(37-30)40-49(45,46)29-14-10-13-27(19-29)22-43)47-23-28-21-42(18-17-41(28)6)24-36(15-7-8-16-36)39-34(44)48-35(3,4)5/h9-14,19-20,22,28H,7-8,15-18,21,23-24H2,1-6H3,(H,39,44)(H,37,38,40)/t28-/m1/s1. The zero-order valence-corrected chi connectivity index (χ0v) is 30.1. The monoisotopic (exact) mass is 692 g/mol. The lowest BCUT2D eigenvalue weighted by molar-refractivity contribution is 0.0300. The van der Waals surface area contributed by atoms with E-state index in [1.54, 1.807) is 6.07 Å². The van der Waals surface area contributed by atoms with Gasteiger partial charge in [-0.2, -0.15) is 4.98 Å². The van der Waals surface area contributed by atoms with Gasteiger partial charge in [0.25, 0.3) is 10.0 Å². The van der Waals surface area contributed by atoms with Crippen LogP contribution < -0.4 is 14.8 Å². The molecule has 2 aromatic carbocycles. The molecule has 3 aromatic rings. The van der Waals surface area contributed by atoms with Crippen molar-refractivity contribution >= 4 is 28.4 Å². The van der Waals surface area contributed by atoms with E-state index in [-0.39, 0.29) is 40.0 Å². The molecule has 0 spiro atoms. The van der Waals surface area contributed by atoms with Crippen LogP contribution in [0, 0.1) is 13.8 Å². The number of aryl methyl sites for hydroxylation is 2. The van der Waals surface area contributed by atoms with E-state index in [1.165, 1.54) is 24.3 Å². The van der Waals surface area contributed by atoms with Gasteiger partial charge in [0, 0.05) is 43.4 Å². The molecule has 264 valence electrons. The molecule has 0 unspecified atom stereocenters. The summed E-state index contributed by atoms with van der Waals surface area (Å²) in [5.74, 6) is 0.0954. The van der Waals surface area contributed by atoms with Crippen molar-refractivity contribution in [2.24, 2.45) is 0 Å². The van der Waals surface area contributed by atoms with Crippen molar-refractivity contribution in [1.82, 2.24) is 25.1 Å². The molecule has 0 bridgehead atoms. The molecule has 5 rings (SSSR count). The van der Waals surface area contributed by atoms with E-state index in [1.807, 2.05) is 52.8 Å². The Morgan fingerprint density at radius 1 is 1.04 bits per heavy atom. The fraction of sp³-hybridized carbons (Fsp3) is 0.500. The third kappa shape index (κ3) is 9.34. The number of piperazine rings is 1. The first-order chi connectivity index (χ1) is 23.1. The molecule has 1 aromatic heterocycles. The van der Waals surface area contributed by atoms with Crippen LogP contribution in [-0.2, 0) is 14.8 Å². The van der Waals surface area contributed by atoms with Crippen LogP contribution in [-0.4, -0.2) is 97.6 Å². The topological polar surface area (TPSA) is 143 Å². The minimum atomic E-state index is -4.11. The largest absolute Gasteiger partial charge is 0.476 e. The third-order valence-corrected chi connectivity index (χ3v) is 10.4. The summed E-state index contributed by atoms with van der Waals surface area (Å²) < 4.78 is 41.1. The Labute approximate surface area is 289 Å². The SMILES string of the molecule is Cc1cccc(C)c1-c1cc(OC[C@H]2CN(CC3(NC(=O)OC(C)(C)C)CCCC3)CCN2C)nc(NS(=O)(=O)c2cccc(C=O)c2)n1. The molecule has 2 heterocycles. The van der Waals surface area contributed by atoms with Gasteiger partial charge in [0.2, 0.25) is 11.8 Å². The van der Waals surface area contributed by atoms with Crippen LogP contribution in [0.15, 0.2) is 53.4 Å². The number of sulfonamides is 1. The first-order valence-electron chi connectivity index (χ1n) is 16.8. The molecular weight excluding hydrogens is 644 g/mol. The van der Waals surface area contributed by atoms with Gasteiger partial charge in [-0.05, 0) is 77.8 Å². The Morgan fingerprint density at radius 2 is 1.73 bits per heavy atom. The number of amides is 1. The number of hydrogen-bond donors (Lipinski definition) is 2. The van der Waals surface area contributed by atoms with Crippen LogP contribution in [0.3, 0.4) is 0 Å². The first-order valence-corrected chi connectivity index (χ1v) is 18.2. The van der Waals surface area contributed by atoms with Gasteiger partial charge in [-0.15, -0.1) is 0 Å². The zero-order valence-electron chi connectivity index (χ0n) is 29.3. The Bertz CT molecular complexity index is 1750. The smallest absolute Gasteiger partial charge is 0.408 e. The quantitative estimate of drug-likeness (QED) is 0.257. The van der Waals surface area contributed by atoms with Gasteiger partial charge in [-0.25, -0.2) is 22.9 Å². The second-order valence-electron chi connectivity index (χ2n) is 14.3. The van der Waals surface area contributed by atoms with Crippen molar-refractivity contribution < 1.29 is 27.5 Å². The summed E-state index contributed by atoms with van der Waals surface area (Å²) in [5, 5.41) is 3.22. The molecule has 49 heavy (non-hydrogen) atoms. The van der Waals surface area contributed by atoms with Crippen molar-refractivity contribution in [3.63, 3.8) is 0 Å². The highest BCUT2D eigenvalue weighted by molar-refractivity contribution is 7.92. The summed E-state index contributed by atoms with van der Waals surface area (Å²) in [6.45, 7) is 13.0. The minimum Gasteiger partial charge on any atom is -0.476 e. The summed E-state index contributed by atoms with van der Waals surface area (Å²) >= 11 is 0. The number of ether oxygens (including phenoxy) is 2. The molecule has 2 N–H and O–H groups in total. The van der Waals surface area contributed by atoms with Gasteiger partial charge in [0.05, 0.1) is 22.2 Å². The Balaban J connectivity index is 1.35. The Kier molecular flexibility index (Phi) is 10.9. The highest BCUT2D eigenvalue weighted by Gasteiger charge is 2.40. The van der Waals surface area contributed by atoms with Crippen molar-refractivity contribution in [3.8, 4) is 17.1 Å². The molecule has 13 heteroatoms. The fourth-order valence-corrected chi connectivity index (χ4v) is 7.66. The number of carbonyl (C=O) groups is 2. The molecule has 2 fully saturated rings. The molecule has 1 amide bonds. The number of likely N-dealkylation sites (N-methyl/N-ethyl adjacent to an activating group) is 1. The van der Waals surface area contributed by atoms with E-state index in [0.717, 1.165) is 68.6 Å². The first kappa shape index (κ1) is 36.2. The van der Waals surface area contributed by atoms with Crippen LogP contribution in [0.5, 0.6) is 5.88 Å². The van der Waals surface area contributed by atoms with Crippen LogP contribution in [0.4, 0.5) is 10.7 Å². The highest BCUT2D eigenvalue weighted by Crippen LogP contribution is 2.32. The lowest BCUT2D eigenvalue weighted by Crippen LogP contribution is -2.60. The van der Waals surface area contributed by atoms with Gasteiger partial charge >= 0.3 is 6.09 Å². The molecule has 1 saturated carbocycles. The Morgan fingerprint density at radius 3 is 2.41 bits per heavy atom. The van der Waals surface area contributed by atoms with E-state index < -0.39 is 15.6 Å². The minimum absolute atomic E-state index is 0.0126. The van der Waals surface area contributed by atoms with E-state index in [9.17, 15) is 18.0 Å². The van der Waals surface area contributed by atoms with Crippen molar-refractivity contribution in [1.29, 1.82) is 0 Å². The predicted octanol–water partition coefficient (Wildman–Crippen LogP) is 5.21. The molecule has 2 aliphatic rings. The maximum Gasteiger partial charge on any atom is 0.408 e. The number of nitrogens with zero attached hydrogens (tertiary/aromatic N) is 4. The number of benzene rings is 2. The predicted molar refractivity (Wildman–Crippen MR) is 189 cm³/mol. The van der Waals surface area contributed by atoms with Crippen LogP contribution in [0.1, 0.15) is 67.9 Å². The van der Waals surface area contributed by atoms with E-state index >= 15 is 0 Å². The summed E-state index contributed by atoms with van der Waals surface area (Å²) in [5.41, 5.74) is 2.66. The summed E-state index contributed by atoms with van der Waals surface area (Å²) in [7, 11) is -2.05. The summed E-state index contributed by atoms with van der Waals surface area (Å²) in [6.07, 6.45) is 4.13. The average molecular weight is 693 g/mol. The number of hydrogen-bond acceptors (Lipinski definition) is 10. The third-order valence-electron chi connectivity index (χ3n) is 9.11. The second-order valence-corrected chi connectivity index (χ2v) is 16.0. The normalized spacial score (nSPS) is 18.5. The summed E-state index contributed by atoms with van der Waals surface area (Å²) in [6, 6.07) is 13.4. The molecule has 1 atom stereocenters. The number of alkyl carbamates (subject to hydrolysis) is 1. The lowest BCUT2D eigenvalue weighted by atomic mass is 9.96. The van der Waals surface area contributed by atoms with E-state index in [4.69, 9.17) is 9.47 Å². The van der Waals surface area contributed by atoms with Crippen LogP contribution in [0.25, 0.3) is 11.3 Å². The molecule has 12 nitrogen and oxygen atoms in total. The van der Waals surface area contributed by atoms with Crippen LogP contribution in [0.2, 0.25) is 0 Å². The van der Waals surface area contributed by atoms with Gasteiger partial charge in [-0.1, -0.05) is 43.2 Å². The van der Waals surface area contributed by atoms with Gasteiger partial charge in [0.1, 0.15) is 18.5 Å². The molecular formula is C36H48N6O6S. The number of aromatic nitrogens is 2. The zero-order chi connectivity index (χ0) is 35.4. The fourth-order valence-electron chi connectivity index (χ4n) is 6.66. The Hall–Kier alpha value is -4.07. The summed E-state index contributed by atoms with van der Waals surface area (Å²) in [4.78, 5) is 37.7. The second kappa shape index (κ2) is 14.8. The molecule has 1 aliphatic heterocycles. The van der Waals surface area contributed by atoms with Gasteiger partial charge < -0.3 is 14.8 Å². The van der Waals surface area contributed by atoms with Crippen molar-refractivity contribution in [2.75, 3.05) is 44.6 Å². The maximum absolute atomic E-state index is 13.4. The average Bonchev–Trinajstić information content (AvgIpc) is 3.47. The number of carbonyl (C=O) groups excluding carboxylic acids is 2. The van der Waals surface area contributed by atoms with E-state index in [2.05, 4.69) is 36.9 Å². The maximum atomic E-state index is 13.4. The molecule has 0 radical (unpaired) electrons. The number of anilines is 1. The molecule has 1 saturated heterocycles. The van der Waals surface area contributed by atoms with Gasteiger partial charge in [0.15, 0.2) is 0 Å². The molecule has 1 aliphatic carbocycles. The number of nitrogens with one attached hydrogen (secondary N) is 2. The number of rotatable bonds is 11. The van der Waals surface area contributed by atoms with Crippen LogP contribution >= 0.6 is 0 Å². The lowest BCUT2D eigenvalue weighted by Gasteiger charge is -2.43. The van der Waals surface area contributed by atoms with Gasteiger partial charge in [-0.3, -0.25) is 14.6 Å². The van der Waals surface area contributed by atoms with Crippen molar-refractivity contribution in [3.05, 3.63) is 65.2 Å².